The summed E-state index contributed by atoms with van der Waals surface area (Å²) in [6.07, 6.45) is 3.61. The Morgan fingerprint density at radius 3 is 2.35 bits per heavy atom. The monoisotopic (exact) mass is 244 g/mol. The van der Waals surface area contributed by atoms with Gasteiger partial charge in [-0.3, -0.25) is 0 Å². The first-order valence-corrected chi connectivity index (χ1v) is 5.46. The Balaban J connectivity index is 3.21. The van der Waals surface area contributed by atoms with E-state index in [1.165, 1.54) is 6.26 Å². The molecular weight excluding hydrogens is 224 g/mol. The Morgan fingerprint density at radius 1 is 1.18 bits per heavy atom. The van der Waals surface area contributed by atoms with Crippen LogP contribution in [0, 0.1) is 0 Å². The van der Waals surface area contributed by atoms with E-state index in [0.29, 0.717) is 45.0 Å². The highest BCUT2D eigenvalue weighted by Crippen LogP contribution is 1.95. The molecule has 5 heteroatoms. The first kappa shape index (κ1) is 15.7. The van der Waals surface area contributed by atoms with E-state index < -0.39 is 5.97 Å². The average molecular weight is 244 g/mol. The van der Waals surface area contributed by atoms with Gasteiger partial charge in [-0.15, -0.1) is 0 Å². The van der Waals surface area contributed by atoms with Crippen molar-refractivity contribution >= 4 is 5.97 Å². The molecule has 0 unspecified atom stereocenters. The molecule has 17 heavy (non-hydrogen) atoms. The summed E-state index contributed by atoms with van der Waals surface area (Å²) in [6.45, 7) is 7.46. The van der Waals surface area contributed by atoms with Crippen LogP contribution in [0.1, 0.15) is 13.3 Å². The summed E-state index contributed by atoms with van der Waals surface area (Å²) in [5.41, 5.74) is 0.339. The molecule has 0 aromatic rings. The molecule has 5 nitrogen and oxygen atoms in total. The molecule has 0 saturated heterocycles. The zero-order valence-electron chi connectivity index (χ0n) is 10.2. The molecule has 0 bridgehead atoms. The molecule has 0 aliphatic heterocycles. The number of carbonyl (C=O) groups is 1. The highest BCUT2D eigenvalue weighted by molar-refractivity contribution is 5.85. The molecule has 0 aromatic carbocycles. The SMILES string of the molecule is C=COCCOCCOCCC=C(C)C(=O)O. The van der Waals surface area contributed by atoms with Crippen LogP contribution in [0.5, 0.6) is 0 Å². The van der Waals surface area contributed by atoms with Crippen molar-refractivity contribution < 1.29 is 24.1 Å². The van der Waals surface area contributed by atoms with E-state index in [4.69, 9.17) is 19.3 Å². The van der Waals surface area contributed by atoms with Gasteiger partial charge in [-0.05, 0) is 13.3 Å². The van der Waals surface area contributed by atoms with Gasteiger partial charge in [0.15, 0.2) is 0 Å². The lowest BCUT2D eigenvalue weighted by atomic mass is 10.2. The Labute approximate surface area is 102 Å². The largest absolute Gasteiger partial charge is 0.499 e. The second-order valence-electron chi connectivity index (χ2n) is 3.24. The first-order chi connectivity index (χ1) is 8.18. The van der Waals surface area contributed by atoms with Crippen molar-refractivity contribution in [3.05, 3.63) is 24.5 Å². The van der Waals surface area contributed by atoms with Crippen molar-refractivity contribution in [2.24, 2.45) is 0 Å². The standard InChI is InChI=1S/C12H20O5/c1-3-15-7-8-17-10-9-16-6-4-5-11(2)12(13)14/h3,5H,1,4,6-10H2,2H3,(H,13,14). The molecule has 0 fully saturated rings. The fraction of sp³-hybridized carbons (Fsp3) is 0.583. The van der Waals surface area contributed by atoms with E-state index in [0.717, 1.165) is 0 Å². The van der Waals surface area contributed by atoms with Gasteiger partial charge in [0.2, 0.25) is 0 Å². The van der Waals surface area contributed by atoms with Gasteiger partial charge < -0.3 is 19.3 Å². The number of rotatable bonds is 11. The highest BCUT2D eigenvalue weighted by Gasteiger charge is 1.97. The van der Waals surface area contributed by atoms with Crippen LogP contribution >= 0.6 is 0 Å². The van der Waals surface area contributed by atoms with E-state index in [1.807, 2.05) is 0 Å². The molecule has 0 spiro atoms. The number of carboxylic acids is 1. The van der Waals surface area contributed by atoms with Gasteiger partial charge in [-0.1, -0.05) is 12.7 Å². The Morgan fingerprint density at radius 2 is 1.76 bits per heavy atom. The average Bonchev–Trinajstić information content (AvgIpc) is 2.31. The maximum atomic E-state index is 10.4. The molecule has 1 N–H and O–H groups in total. The van der Waals surface area contributed by atoms with Crippen LogP contribution in [0.3, 0.4) is 0 Å². The Kier molecular flexibility index (Phi) is 10.3. The molecule has 0 heterocycles. The minimum absolute atomic E-state index is 0.339. The van der Waals surface area contributed by atoms with E-state index >= 15 is 0 Å². The zero-order valence-corrected chi connectivity index (χ0v) is 10.2. The van der Waals surface area contributed by atoms with Crippen LogP contribution in [-0.2, 0) is 19.0 Å². The van der Waals surface area contributed by atoms with Gasteiger partial charge in [0.1, 0.15) is 6.61 Å². The van der Waals surface area contributed by atoms with Gasteiger partial charge in [-0.25, -0.2) is 4.79 Å². The minimum Gasteiger partial charge on any atom is -0.499 e. The number of ether oxygens (including phenoxy) is 3. The second kappa shape index (κ2) is 11.2. The van der Waals surface area contributed by atoms with Crippen LogP contribution in [0.4, 0.5) is 0 Å². The molecule has 0 radical (unpaired) electrons. The normalized spacial score (nSPS) is 11.2. The number of hydrogen-bond acceptors (Lipinski definition) is 4. The van der Waals surface area contributed by atoms with Crippen LogP contribution in [0.15, 0.2) is 24.5 Å². The van der Waals surface area contributed by atoms with Gasteiger partial charge in [0, 0.05) is 5.57 Å². The lowest BCUT2D eigenvalue weighted by Gasteiger charge is -2.04. The summed E-state index contributed by atoms with van der Waals surface area (Å²) in [5, 5.41) is 8.58. The third-order valence-electron chi connectivity index (χ3n) is 1.89. The van der Waals surface area contributed by atoms with Crippen LogP contribution in [0.25, 0.3) is 0 Å². The van der Waals surface area contributed by atoms with Crippen LogP contribution < -0.4 is 0 Å². The van der Waals surface area contributed by atoms with Gasteiger partial charge in [0.25, 0.3) is 0 Å². The summed E-state index contributed by atoms with van der Waals surface area (Å²) in [4.78, 5) is 10.4. The summed E-state index contributed by atoms with van der Waals surface area (Å²) < 4.78 is 15.3. The van der Waals surface area contributed by atoms with Crippen molar-refractivity contribution in [2.45, 2.75) is 13.3 Å². The van der Waals surface area contributed by atoms with Crippen molar-refractivity contribution in [1.82, 2.24) is 0 Å². The Hall–Kier alpha value is -1.33. The Bertz CT molecular complexity index is 247. The van der Waals surface area contributed by atoms with E-state index in [-0.39, 0.29) is 0 Å². The molecule has 0 rings (SSSR count). The first-order valence-electron chi connectivity index (χ1n) is 5.46. The predicted molar refractivity (Wildman–Crippen MR) is 63.8 cm³/mol. The molecule has 0 atom stereocenters. The van der Waals surface area contributed by atoms with E-state index in [1.54, 1.807) is 13.0 Å². The highest BCUT2D eigenvalue weighted by atomic mass is 16.5. The topological polar surface area (TPSA) is 65.0 Å². The summed E-state index contributed by atoms with van der Waals surface area (Å²) in [6, 6.07) is 0. The maximum absolute atomic E-state index is 10.4. The summed E-state index contributed by atoms with van der Waals surface area (Å²) in [7, 11) is 0. The smallest absolute Gasteiger partial charge is 0.330 e. The van der Waals surface area contributed by atoms with Crippen molar-refractivity contribution in [2.75, 3.05) is 33.0 Å². The maximum Gasteiger partial charge on any atom is 0.330 e. The fourth-order valence-corrected chi connectivity index (χ4v) is 0.958. The number of aliphatic carboxylic acids is 1. The third-order valence-corrected chi connectivity index (χ3v) is 1.89. The number of carboxylic acid groups (broad SMARTS) is 1. The quantitative estimate of drug-likeness (QED) is 0.340. The number of hydrogen-bond donors (Lipinski definition) is 1. The van der Waals surface area contributed by atoms with E-state index in [9.17, 15) is 4.79 Å². The lowest BCUT2D eigenvalue weighted by molar-refractivity contribution is -0.132. The molecule has 98 valence electrons. The summed E-state index contributed by atoms with van der Waals surface area (Å²) >= 11 is 0. The van der Waals surface area contributed by atoms with Crippen molar-refractivity contribution in [1.29, 1.82) is 0 Å². The molecule has 0 aliphatic rings. The lowest BCUT2D eigenvalue weighted by Crippen LogP contribution is -2.08. The van der Waals surface area contributed by atoms with E-state index in [2.05, 4.69) is 6.58 Å². The van der Waals surface area contributed by atoms with Gasteiger partial charge >= 0.3 is 5.97 Å². The van der Waals surface area contributed by atoms with Crippen molar-refractivity contribution in [3.63, 3.8) is 0 Å². The molecular formula is C12H20O5. The minimum atomic E-state index is -0.893. The van der Waals surface area contributed by atoms with Gasteiger partial charge in [-0.2, -0.15) is 0 Å². The third kappa shape index (κ3) is 10.9. The predicted octanol–water partition coefficient (Wildman–Crippen LogP) is 1.60. The van der Waals surface area contributed by atoms with Gasteiger partial charge in [0.05, 0.1) is 32.7 Å². The molecule has 0 aromatic heterocycles. The zero-order chi connectivity index (χ0) is 12.9. The molecule has 0 aliphatic carbocycles. The molecule has 0 amide bonds. The molecule has 0 saturated carbocycles. The fourth-order valence-electron chi connectivity index (χ4n) is 0.958. The van der Waals surface area contributed by atoms with Crippen LogP contribution in [0.2, 0.25) is 0 Å². The second-order valence-corrected chi connectivity index (χ2v) is 3.24. The van der Waals surface area contributed by atoms with Crippen molar-refractivity contribution in [3.8, 4) is 0 Å². The van der Waals surface area contributed by atoms with Crippen LogP contribution in [-0.4, -0.2) is 44.1 Å². The summed E-state index contributed by atoms with van der Waals surface area (Å²) in [5.74, 6) is -0.893.